The lowest BCUT2D eigenvalue weighted by atomic mass is 9.52. The quantitative estimate of drug-likeness (QED) is 0.650. The van der Waals surface area contributed by atoms with Crippen LogP contribution in [0.3, 0.4) is 0 Å². The molecular weight excluding hydrogens is 356 g/mol. The molecule has 0 unspecified atom stereocenters. The van der Waals surface area contributed by atoms with Crippen molar-refractivity contribution in [2.45, 2.75) is 56.5 Å². The molecule has 2 fully saturated rings. The van der Waals surface area contributed by atoms with Gasteiger partial charge in [-0.05, 0) is 90.6 Å². The summed E-state index contributed by atoms with van der Waals surface area (Å²) >= 11 is 0. The highest BCUT2D eigenvalue weighted by molar-refractivity contribution is 5.79. The molecule has 3 atom stereocenters. The van der Waals surface area contributed by atoms with Gasteiger partial charge < -0.3 is 9.72 Å². The predicted octanol–water partition coefficient (Wildman–Crippen LogP) is 5.44. The van der Waals surface area contributed by atoms with E-state index < -0.39 is 0 Å². The number of piperidine rings is 1. The van der Waals surface area contributed by atoms with Crippen molar-refractivity contribution in [3.63, 3.8) is 0 Å². The van der Waals surface area contributed by atoms with E-state index >= 15 is 0 Å². The molecule has 3 aliphatic rings. The molecule has 29 heavy (non-hydrogen) atoms. The molecule has 3 heteroatoms. The van der Waals surface area contributed by atoms with Crippen LogP contribution in [-0.2, 0) is 18.4 Å². The Kier molecular flexibility index (Phi) is 4.02. The van der Waals surface area contributed by atoms with Crippen LogP contribution < -0.4 is 4.74 Å². The van der Waals surface area contributed by atoms with Gasteiger partial charge in [-0.15, -0.1) is 0 Å². The molecular formula is C26H30N2O. The molecule has 2 aromatic carbocycles. The number of hydrogen-bond acceptors (Lipinski definition) is 2. The van der Waals surface area contributed by atoms with E-state index in [0.29, 0.717) is 11.5 Å². The Morgan fingerprint density at radius 3 is 3.00 bits per heavy atom. The number of aromatic amines is 1. The Balaban J connectivity index is 1.36. The number of rotatable bonds is 3. The van der Waals surface area contributed by atoms with Gasteiger partial charge in [-0.3, -0.25) is 4.90 Å². The smallest absolute Gasteiger partial charge is 0.119 e. The van der Waals surface area contributed by atoms with Gasteiger partial charge >= 0.3 is 0 Å². The Hall–Kier alpha value is -2.26. The SMILES string of the molecule is COc1ccc2c(c1)[C@@]13CCCC[C@H]1[C@H](C2)N(Cc1ccc2[nH]ccc2c1)CC3. The number of methoxy groups -OCH3 is 1. The zero-order valence-electron chi connectivity index (χ0n) is 17.3. The zero-order chi connectivity index (χ0) is 19.4. The number of nitrogens with one attached hydrogen (secondary N) is 1. The topological polar surface area (TPSA) is 28.3 Å². The van der Waals surface area contributed by atoms with Crippen LogP contribution in [0.25, 0.3) is 10.9 Å². The van der Waals surface area contributed by atoms with E-state index in [-0.39, 0.29) is 0 Å². The minimum Gasteiger partial charge on any atom is -0.497 e. The Morgan fingerprint density at radius 1 is 1.10 bits per heavy atom. The second-order valence-electron chi connectivity index (χ2n) is 9.42. The van der Waals surface area contributed by atoms with Crippen LogP contribution in [-0.4, -0.2) is 29.6 Å². The van der Waals surface area contributed by atoms with Crippen LogP contribution in [0.4, 0.5) is 0 Å². The molecule has 1 N–H and O–H groups in total. The summed E-state index contributed by atoms with van der Waals surface area (Å²) in [5.74, 6) is 1.82. The predicted molar refractivity (Wildman–Crippen MR) is 117 cm³/mol. The van der Waals surface area contributed by atoms with Crippen LogP contribution in [0.5, 0.6) is 5.75 Å². The summed E-state index contributed by atoms with van der Waals surface area (Å²) in [6.07, 6.45) is 10.0. The van der Waals surface area contributed by atoms with Gasteiger partial charge in [0.05, 0.1) is 7.11 Å². The van der Waals surface area contributed by atoms with Crippen molar-refractivity contribution in [3.05, 3.63) is 65.4 Å². The lowest BCUT2D eigenvalue weighted by molar-refractivity contribution is -0.0157. The molecule has 1 saturated carbocycles. The van der Waals surface area contributed by atoms with Crippen molar-refractivity contribution in [1.82, 2.24) is 9.88 Å². The second-order valence-corrected chi connectivity index (χ2v) is 9.42. The van der Waals surface area contributed by atoms with Crippen molar-refractivity contribution in [3.8, 4) is 5.75 Å². The molecule has 2 heterocycles. The van der Waals surface area contributed by atoms with Gasteiger partial charge in [0.2, 0.25) is 0 Å². The standard InChI is InChI=1S/C26H30N2O/c1-29-21-7-6-19-15-25-22-4-2-3-10-26(22,23(19)16-21)11-13-28(25)17-18-5-8-24-20(14-18)9-12-27-24/h5-9,12,14,16,22,25,27H,2-4,10-11,13,15,17H2,1H3/t22-,25-,26+/m0/s1. The fourth-order valence-corrected chi connectivity index (χ4v) is 6.82. The summed E-state index contributed by atoms with van der Waals surface area (Å²) in [6, 6.07) is 16.7. The maximum atomic E-state index is 5.61. The minimum absolute atomic E-state index is 0.381. The summed E-state index contributed by atoms with van der Waals surface area (Å²) in [7, 11) is 1.80. The van der Waals surface area contributed by atoms with Gasteiger partial charge in [0, 0.05) is 29.7 Å². The van der Waals surface area contributed by atoms with Crippen molar-refractivity contribution >= 4 is 10.9 Å². The molecule has 6 rings (SSSR count). The third-order valence-corrected chi connectivity index (χ3v) is 8.16. The van der Waals surface area contributed by atoms with Crippen LogP contribution in [0.2, 0.25) is 0 Å². The van der Waals surface area contributed by atoms with Gasteiger partial charge in [0.15, 0.2) is 0 Å². The monoisotopic (exact) mass is 386 g/mol. The van der Waals surface area contributed by atoms with Gasteiger partial charge in [-0.25, -0.2) is 0 Å². The Labute approximate surface area is 173 Å². The molecule has 2 aliphatic carbocycles. The number of benzene rings is 2. The average Bonchev–Trinajstić information content (AvgIpc) is 3.23. The first-order chi connectivity index (χ1) is 14.3. The third kappa shape index (κ3) is 2.67. The maximum absolute atomic E-state index is 5.61. The number of fused-ring (bicyclic) bond motifs is 2. The summed E-state index contributed by atoms with van der Waals surface area (Å²) in [6.45, 7) is 2.28. The van der Waals surface area contributed by atoms with Gasteiger partial charge in [0.1, 0.15) is 5.75 Å². The van der Waals surface area contributed by atoms with E-state index in [0.717, 1.165) is 18.2 Å². The lowest BCUT2D eigenvalue weighted by Gasteiger charge is -2.59. The molecule has 0 amide bonds. The van der Waals surface area contributed by atoms with Crippen molar-refractivity contribution < 1.29 is 4.74 Å². The molecule has 150 valence electrons. The third-order valence-electron chi connectivity index (χ3n) is 8.16. The second kappa shape index (κ2) is 6.63. The summed E-state index contributed by atoms with van der Waals surface area (Å²) in [5, 5.41) is 1.33. The van der Waals surface area contributed by atoms with Crippen LogP contribution in [0.1, 0.15) is 48.8 Å². The molecule has 0 radical (unpaired) electrons. The first-order valence-corrected chi connectivity index (χ1v) is 11.2. The number of ether oxygens (including phenoxy) is 1. The van der Waals surface area contributed by atoms with E-state index in [1.807, 2.05) is 6.20 Å². The molecule has 1 aromatic heterocycles. The fraction of sp³-hybridized carbons (Fsp3) is 0.462. The summed E-state index contributed by atoms with van der Waals surface area (Å²) in [5.41, 5.74) is 6.25. The van der Waals surface area contributed by atoms with Gasteiger partial charge in [-0.2, -0.15) is 0 Å². The number of hydrogen-bond donors (Lipinski definition) is 1. The Morgan fingerprint density at radius 2 is 2.07 bits per heavy atom. The van der Waals surface area contributed by atoms with E-state index in [1.54, 1.807) is 18.2 Å². The first-order valence-electron chi connectivity index (χ1n) is 11.2. The normalized spacial score (nSPS) is 28.7. The molecule has 3 nitrogen and oxygen atoms in total. The van der Waals surface area contributed by atoms with Crippen molar-refractivity contribution in [1.29, 1.82) is 0 Å². The molecule has 1 aliphatic heterocycles. The highest BCUT2D eigenvalue weighted by Gasteiger charge is 2.53. The summed E-state index contributed by atoms with van der Waals surface area (Å²) in [4.78, 5) is 6.12. The number of nitrogens with zero attached hydrogens (tertiary/aromatic N) is 1. The maximum Gasteiger partial charge on any atom is 0.119 e. The molecule has 3 aromatic rings. The minimum atomic E-state index is 0.381. The average molecular weight is 387 g/mol. The zero-order valence-corrected chi connectivity index (χ0v) is 17.3. The van der Waals surface area contributed by atoms with Crippen LogP contribution in [0, 0.1) is 5.92 Å². The van der Waals surface area contributed by atoms with E-state index in [1.165, 1.54) is 61.5 Å². The van der Waals surface area contributed by atoms with Crippen molar-refractivity contribution in [2.75, 3.05) is 13.7 Å². The van der Waals surface area contributed by atoms with Crippen LogP contribution in [0.15, 0.2) is 48.7 Å². The fourth-order valence-electron chi connectivity index (χ4n) is 6.82. The first kappa shape index (κ1) is 17.6. The highest BCUT2D eigenvalue weighted by Crippen LogP contribution is 2.56. The number of likely N-dealkylation sites (tertiary alicyclic amines) is 1. The van der Waals surface area contributed by atoms with Gasteiger partial charge in [0.25, 0.3) is 0 Å². The molecule has 1 saturated heterocycles. The Bertz CT molecular complexity index is 1050. The van der Waals surface area contributed by atoms with E-state index in [9.17, 15) is 0 Å². The van der Waals surface area contributed by atoms with Gasteiger partial charge in [-0.1, -0.05) is 25.0 Å². The lowest BCUT2D eigenvalue weighted by Crippen LogP contribution is -2.60. The largest absolute Gasteiger partial charge is 0.497 e. The van der Waals surface area contributed by atoms with Crippen LogP contribution >= 0.6 is 0 Å². The molecule has 0 spiro atoms. The van der Waals surface area contributed by atoms with E-state index in [4.69, 9.17) is 4.74 Å². The molecule has 2 bridgehead atoms. The highest BCUT2D eigenvalue weighted by atomic mass is 16.5. The summed E-state index contributed by atoms with van der Waals surface area (Å²) < 4.78 is 5.61. The number of aromatic nitrogens is 1. The van der Waals surface area contributed by atoms with Crippen molar-refractivity contribution in [2.24, 2.45) is 5.92 Å². The van der Waals surface area contributed by atoms with E-state index in [2.05, 4.69) is 52.3 Å². The number of H-pyrrole nitrogens is 1.